The van der Waals surface area contributed by atoms with Crippen molar-refractivity contribution in [1.29, 1.82) is 0 Å². The number of allylic oxidation sites excluding steroid dienone is 4. The molecule has 0 bridgehead atoms. The minimum atomic E-state index is -0.992. The maximum Gasteiger partial charge on any atom is 0.335 e. The minimum Gasteiger partial charge on any atom is -0.478 e. The van der Waals surface area contributed by atoms with Crippen molar-refractivity contribution in [2.24, 2.45) is 34.5 Å². The molecule has 1 aromatic carbocycles. The summed E-state index contributed by atoms with van der Waals surface area (Å²) >= 11 is 1.36. The maximum absolute atomic E-state index is 13.6. The van der Waals surface area contributed by atoms with Gasteiger partial charge in [0.2, 0.25) is 0 Å². The number of Topliss-reactive ketones (excluding diaryl/α,β-unsaturated/α-hetero) is 1. The molecule has 0 saturated heterocycles. The molecular weight excluding hydrogens is 488 g/mol. The summed E-state index contributed by atoms with van der Waals surface area (Å²) in [5, 5.41) is 21.3. The molecule has 2 aromatic rings. The van der Waals surface area contributed by atoms with Crippen LogP contribution < -0.4 is 0 Å². The number of aliphatic hydroxyl groups excluding tert-OH is 1. The van der Waals surface area contributed by atoms with Gasteiger partial charge in [-0.2, -0.15) is 0 Å². The van der Waals surface area contributed by atoms with Crippen LogP contribution in [-0.2, 0) is 9.59 Å². The molecule has 6 rings (SSSR count). The number of imidazole rings is 1. The third-order valence-corrected chi connectivity index (χ3v) is 10.8. The van der Waals surface area contributed by atoms with Gasteiger partial charge in [-0.15, -0.1) is 0 Å². The van der Waals surface area contributed by atoms with E-state index in [0.717, 1.165) is 31.3 Å². The highest BCUT2D eigenvalue weighted by Gasteiger charge is 2.62. The Kier molecular flexibility index (Phi) is 5.77. The van der Waals surface area contributed by atoms with Gasteiger partial charge in [-0.05, 0) is 79.7 Å². The molecule has 7 atom stereocenters. The van der Waals surface area contributed by atoms with Gasteiger partial charge < -0.3 is 15.2 Å². The van der Waals surface area contributed by atoms with Gasteiger partial charge in [0.05, 0.1) is 28.5 Å². The number of carbonyl (C=O) groups is 3. The predicted molar refractivity (Wildman–Crippen MR) is 140 cm³/mol. The Labute approximate surface area is 219 Å². The molecule has 4 aliphatic carbocycles. The number of aromatic amines is 1. The Morgan fingerprint density at radius 3 is 2.81 bits per heavy atom. The molecule has 0 radical (unpaired) electrons. The van der Waals surface area contributed by atoms with Crippen LogP contribution in [0.25, 0.3) is 11.0 Å². The summed E-state index contributed by atoms with van der Waals surface area (Å²) in [6, 6.07) is 4.76. The second-order valence-electron chi connectivity index (χ2n) is 11.8. The molecule has 0 aliphatic heterocycles. The van der Waals surface area contributed by atoms with Gasteiger partial charge in [0.1, 0.15) is 5.78 Å². The van der Waals surface area contributed by atoms with Crippen LogP contribution in [-0.4, -0.2) is 49.6 Å². The standard InChI is InChI=1S/C29H32N2O5S/c1-28-10-9-17(32)12-16(28)4-5-18-19-6-7-20(29(19,2)13-23(33)25(18)28)24(34)14-37-27-30-21-8-3-15(26(35)36)11-22(21)31-27/h3,8-12,18-20,23,25,33H,4-7,13-14H2,1-2H3,(H,30,31)(H,35,36)/t18?,19?,20?,23-,25?,28?,29?/m0/s1. The summed E-state index contributed by atoms with van der Waals surface area (Å²) < 4.78 is 0. The highest BCUT2D eigenvalue weighted by atomic mass is 32.2. The van der Waals surface area contributed by atoms with E-state index in [2.05, 4.69) is 23.8 Å². The van der Waals surface area contributed by atoms with E-state index in [1.165, 1.54) is 17.8 Å². The second-order valence-corrected chi connectivity index (χ2v) is 12.7. The van der Waals surface area contributed by atoms with Gasteiger partial charge in [0, 0.05) is 17.3 Å². The van der Waals surface area contributed by atoms with Gasteiger partial charge >= 0.3 is 5.97 Å². The number of aromatic carboxylic acids is 1. The van der Waals surface area contributed by atoms with Crippen LogP contribution in [0.3, 0.4) is 0 Å². The molecule has 8 heteroatoms. The largest absolute Gasteiger partial charge is 0.478 e. The molecule has 0 spiro atoms. The van der Waals surface area contributed by atoms with Crippen LogP contribution in [0.4, 0.5) is 0 Å². The van der Waals surface area contributed by atoms with Crippen molar-refractivity contribution in [2.75, 3.05) is 5.75 Å². The van der Waals surface area contributed by atoms with Crippen molar-refractivity contribution in [3.05, 3.63) is 47.6 Å². The molecule has 0 amide bonds. The summed E-state index contributed by atoms with van der Waals surface area (Å²) in [7, 11) is 0. The monoisotopic (exact) mass is 520 g/mol. The quantitative estimate of drug-likeness (QED) is 0.484. The number of nitrogens with zero attached hydrogens (tertiary/aromatic N) is 1. The van der Waals surface area contributed by atoms with E-state index in [1.807, 2.05) is 6.08 Å². The number of fused-ring (bicyclic) bond motifs is 6. The summed E-state index contributed by atoms with van der Waals surface area (Å²) in [5.41, 5.74) is 2.12. The number of aliphatic hydroxyl groups is 1. The number of thioether (sulfide) groups is 1. The van der Waals surface area contributed by atoms with E-state index >= 15 is 0 Å². The Bertz CT molecular complexity index is 1380. The van der Waals surface area contributed by atoms with Gasteiger partial charge in [0.15, 0.2) is 10.9 Å². The molecule has 7 nitrogen and oxygen atoms in total. The van der Waals surface area contributed by atoms with Crippen molar-refractivity contribution in [1.82, 2.24) is 9.97 Å². The van der Waals surface area contributed by atoms with Gasteiger partial charge in [-0.3, -0.25) is 9.59 Å². The van der Waals surface area contributed by atoms with Crippen LogP contribution in [0.2, 0.25) is 0 Å². The third kappa shape index (κ3) is 3.83. The molecule has 1 aromatic heterocycles. The molecule has 4 aliphatic rings. The van der Waals surface area contributed by atoms with E-state index in [9.17, 15) is 24.6 Å². The highest BCUT2D eigenvalue weighted by molar-refractivity contribution is 7.99. The molecular formula is C29H32N2O5S. The van der Waals surface area contributed by atoms with E-state index in [4.69, 9.17) is 0 Å². The lowest BCUT2D eigenvalue weighted by Crippen LogP contribution is -2.56. The van der Waals surface area contributed by atoms with Crippen LogP contribution in [0.1, 0.15) is 56.3 Å². The first kappa shape index (κ1) is 24.6. The zero-order chi connectivity index (χ0) is 26.1. The van der Waals surface area contributed by atoms with Crippen LogP contribution in [0, 0.1) is 34.5 Å². The van der Waals surface area contributed by atoms with E-state index in [1.54, 1.807) is 24.3 Å². The minimum absolute atomic E-state index is 0.0388. The molecule has 3 fully saturated rings. The topological polar surface area (TPSA) is 120 Å². The second kappa shape index (κ2) is 8.67. The van der Waals surface area contributed by atoms with Crippen LogP contribution in [0.15, 0.2) is 47.2 Å². The Morgan fingerprint density at radius 1 is 1.22 bits per heavy atom. The number of carboxylic acids is 1. The van der Waals surface area contributed by atoms with Gasteiger partial charge in [-0.25, -0.2) is 9.78 Å². The molecule has 3 saturated carbocycles. The summed E-state index contributed by atoms with van der Waals surface area (Å²) in [4.78, 5) is 44.5. The molecule has 37 heavy (non-hydrogen) atoms. The number of nitrogens with one attached hydrogen (secondary N) is 1. The van der Waals surface area contributed by atoms with E-state index < -0.39 is 12.1 Å². The van der Waals surface area contributed by atoms with Crippen molar-refractivity contribution in [2.45, 2.75) is 57.2 Å². The Balaban J connectivity index is 1.19. The molecule has 1 heterocycles. The smallest absolute Gasteiger partial charge is 0.335 e. The number of ketones is 2. The number of H-pyrrole nitrogens is 1. The average molecular weight is 521 g/mol. The third-order valence-electron chi connectivity index (χ3n) is 9.94. The fourth-order valence-corrected chi connectivity index (χ4v) is 9.11. The number of hydrogen-bond acceptors (Lipinski definition) is 6. The summed E-state index contributed by atoms with van der Waals surface area (Å²) in [5.74, 6) is 0.214. The summed E-state index contributed by atoms with van der Waals surface area (Å²) in [6.45, 7) is 4.38. The number of carbonyl (C=O) groups excluding carboxylic acids is 2. The van der Waals surface area contributed by atoms with E-state index in [0.29, 0.717) is 34.4 Å². The lowest BCUT2D eigenvalue weighted by atomic mass is 9.46. The zero-order valence-electron chi connectivity index (χ0n) is 21.1. The number of carboxylic acid groups (broad SMARTS) is 1. The molecule has 3 N–H and O–H groups in total. The number of hydrogen-bond donors (Lipinski definition) is 3. The number of rotatable bonds is 5. The van der Waals surface area contributed by atoms with Crippen molar-refractivity contribution in [3.8, 4) is 0 Å². The lowest BCUT2D eigenvalue weighted by molar-refractivity contribution is -0.137. The normalized spacial score (nSPS) is 36.6. The Morgan fingerprint density at radius 2 is 2.03 bits per heavy atom. The van der Waals surface area contributed by atoms with Crippen LogP contribution in [0.5, 0.6) is 0 Å². The fraction of sp³-hybridized carbons (Fsp3) is 0.517. The van der Waals surface area contributed by atoms with Gasteiger partial charge in [0.25, 0.3) is 0 Å². The average Bonchev–Trinajstić information content (AvgIpc) is 3.42. The van der Waals surface area contributed by atoms with Crippen molar-refractivity contribution in [3.63, 3.8) is 0 Å². The van der Waals surface area contributed by atoms with Gasteiger partial charge in [-0.1, -0.05) is 37.3 Å². The van der Waals surface area contributed by atoms with Crippen molar-refractivity contribution < 1.29 is 24.6 Å². The van der Waals surface area contributed by atoms with Crippen molar-refractivity contribution >= 4 is 40.3 Å². The predicted octanol–water partition coefficient (Wildman–Crippen LogP) is 4.82. The lowest BCUT2D eigenvalue weighted by Gasteiger charge is -2.58. The zero-order valence-corrected chi connectivity index (χ0v) is 21.9. The first-order chi connectivity index (χ1) is 17.6. The SMILES string of the molecule is CC12C=CC(=O)C=C1CCC1C2[C@@H](O)CC2(C)C(C(=O)CSc3nc4ccc(C(=O)O)cc4[nH]3)CCC12. The fourth-order valence-electron chi connectivity index (χ4n) is 8.28. The number of benzene rings is 1. The molecule has 6 unspecified atom stereocenters. The highest BCUT2D eigenvalue weighted by Crippen LogP contribution is 2.66. The van der Waals surface area contributed by atoms with E-state index in [-0.39, 0.29) is 45.5 Å². The Hall–Kier alpha value is -2.71. The first-order valence-electron chi connectivity index (χ1n) is 13.1. The number of aromatic nitrogens is 2. The first-order valence-corrected chi connectivity index (χ1v) is 14.1. The summed E-state index contributed by atoms with van der Waals surface area (Å²) in [6.07, 6.45) is 9.20. The molecule has 194 valence electrons. The maximum atomic E-state index is 13.6. The van der Waals surface area contributed by atoms with Crippen LogP contribution >= 0.6 is 11.8 Å².